The van der Waals surface area contributed by atoms with Gasteiger partial charge in [0, 0.05) is 41.6 Å². The maximum atomic E-state index is 4.08. The summed E-state index contributed by atoms with van der Waals surface area (Å²) in [7, 11) is 0. The summed E-state index contributed by atoms with van der Waals surface area (Å²) >= 11 is 3.57. The lowest BCUT2D eigenvalue weighted by atomic mass is 10.1. The van der Waals surface area contributed by atoms with Crippen LogP contribution in [0.1, 0.15) is 66.5 Å². The molecule has 0 saturated carbocycles. The molecule has 244 valence electrons. The summed E-state index contributed by atoms with van der Waals surface area (Å²) in [6, 6.07) is 16.5. The second-order valence-electron chi connectivity index (χ2n) is 11.1. The first-order chi connectivity index (χ1) is 21.8. The Bertz CT molecular complexity index is 1360. The third-order valence-corrected chi connectivity index (χ3v) is 9.28. The van der Waals surface area contributed by atoms with Crippen molar-refractivity contribution >= 4 is 22.7 Å². The van der Waals surface area contributed by atoms with E-state index < -0.39 is 0 Å². The fourth-order valence-electron chi connectivity index (χ4n) is 3.12. The van der Waals surface area contributed by atoms with Crippen molar-refractivity contribution in [3.05, 3.63) is 162 Å². The average molecular weight is 653 g/mol. The van der Waals surface area contributed by atoms with Gasteiger partial charge in [0.1, 0.15) is 0 Å². The highest BCUT2D eigenvalue weighted by Gasteiger charge is 1.89. The van der Waals surface area contributed by atoms with Crippen molar-refractivity contribution < 1.29 is 0 Å². The van der Waals surface area contributed by atoms with Crippen LogP contribution in [0.3, 0.4) is 0 Å². The molecule has 46 heavy (non-hydrogen) atoms. The van der Waals surface area contributed by atoms with Crippen molar-refractivity contribution in [2.45, 2.75) is 83.1 Å². The summed E-state index contributed by atoms with van der Waals surface area (Å²) in [5.74, 6) is 0. The lowest BCUT2D eigenvalue weighted by Gasteiger charge is -1.93. The molecule has 5 aromatic heterocycles. The van der Waals surface area contributed by atoms with Crippen LogP contribution in [-0.4, -0.2) is 19.9 Å². The smallest absolute Gasteiger partial charge is 0.0584 e. The first-order valence-corrected chi connectivity index (χ1v) is 17.2. The number of aromatic nitrogens is 4. The standard InChI is InChI=1S/C8H10.2C7H9N.C6H8N2.2C6H8S/c1-7-5-3-4-6-8(7)2;1-6-3-4-8-5-7(6)2;1-6-4-3-5-8-7(6)2;1-5-6(2)8-4-3-7-5;1-5-3-7-4-6(5)2;1-5-3-4-7-6(5)2/h3-6H,1-2H3;2*3-5H,1-2H3;3-4H,1-2H3;2*3-4H,1-2H3. The van der Waals surface area contributed by atoms with Gasteiger partial charge in [-0.3, -0.25) is 19.9 Å². The van der Waals surface area contributed by atoms with Crippen LogP contribution in [0.25, 0.3) is 0 Å². The van der Waals surface area contributed by atoms with E-state index in [0.29, 0.717) is 0 Å². The molecule has 0 bridgehead atoms. The Kier molecular flexibility index (Phi) is 19.6. The number of benzene rings is 1. The van der Waals surface area contributed by atoms with Crippen molar-refractivity contribution in [2.75, 3.05) is 0 Å². The summed E-state index contributed by atoms with van der Waals surface area (Å²) < 4.78 is 0. The molecule has 0 aliphatic rings. The maximum Gasteiger partial charge on any atom is 0.0584 e. The van der Waals surface area contributed by atoms with Gasteiger partial charge >= 0.3 is 0 Å². The minimum atomic E-state index is 1.01. The molecular weight excluding hydrogens is 601 g/mol. The monoisotopic (exact) mass is 652 g/mol. The lowest BCUT2D eigenvalue weighted by Crippen LogP contribution is -1.87. The number of thiophene rings is 2. The molecular formula is C40H52N4S2. The Morgan fingerprint density at radius 3 is 1.17 bits per heavy atom. The van der Waals surface area contributed by atoms with Gasteiger partial charge in [0.2, 0.25) is 0 Å². The largest absolute Gasteiger partial charge is 0.264 e. The molecule has 0 fully saturated rings. The zero-order valence-corrected chi connectivity index (χ0v) is 31.5. The average Bonchev–Trinajstić information content (AvgIpc) is 3.61. The van der Waals surface area contributed by atoms with E-state index in [1.165, 1.54) is 49.4 Å². The predicted octanol–water partition coefficient (Wildman–Crippen LogP) is 11.5. The number of pyridine rings is 2. The Labute approximate surface area is 286 Å². The van der Waals surface area contributed by atoms with E-state index in [1.807, 2.05) is 51.5 Å². The van der Waals surface area contributed by atoms with E-state index in [9.17, 15) is 0 Å². The van der Waals surface area contributed by atoms with Crippen molar-refractivity contribution in [3.63, 3.8) is 0 Å². The topological polar surface area (TPSA) is 51.6 Å². The molecule has 6 rings (SSSR count). The molecule has 0 saturated heterocycles. The van der Waals surface area contributed by atoms with E-state index >= 15 is 0 Å². The van der Waals surface area contributed by atoms with Gasteiger partial charge in [-0.15, -0.1) is 11.3 Å². The van der Waals surface area contributed by atoms with Crippen LogP contribution >= 0.6 is 22.7 Å². The summed E-state index contributed by atoms with van der Waals surface area (Å²) in [5.41, 5.74) is 13.9. The minimum Gasteiger partial charge on any atom is -0.264 e. The molecule has 5 heterocycles. The van der Waals surface area contributed by atoms with Crippen molar-refractivity contribution in [1.82, 2.24) is 19.9 Å². The van der Waals surface area contributed by atoms with Crippen LogP contribution in [0, 0.1) is 83.1 Å². The fourth-order valence-corrected chi connectivity index (χ4v) is 4.70. The van der Waals surface area contributed by atoms with Gasteiger partial charge in [-0.2, -0.15) is 11.3 Å². The molecule has 6 heteroatoms. The lowest BCUT2D eigenvalue weighted by molar-refractivity contribution is 1.05. The van der Waals surface area contributed by atoms with Gasteiger partial charge in [0.15, 0.2) is 0 Å². The number of hydrogen-bond acceptors (Lipinski definition) is 6. The van der Waals surface area contributed by atoms with Crippen molar-refractivity contribution in [3.8, 4) is 0 Å². The van der Waals surface area contributed by atoms with Gasteiger partial charge in [-0.05, 0) is 162 Å². The Balaban J connectivity index is 0.000000276. The number of nitrogens with zero attached hydrogens (tertiary/aromatic N) is 4. The third-order valence-electron chi connectivity index (χ3n) is 7.35. The number of aryl methyl sites for hydroxylation is 12. The first-order valence-electron chi connectivity index (χ1n) is 15.3. The first kappa shape index (κ1) is 40.0. The summed E-state index contributed by atoms with van der Waals surface area (Å²) in [6.45, 7) is 24.9. The zero-order valence-electron chi connectivity index (χ0n) is 29.8. The molecule has 0 atom stereocenters. The Hall–Kier alpha value is -4.00. The van der Waals surface area contributed by atoms with E-state index in [1.54, 1.807) is 35.1 Å². The van der Waals surface area contributed by atoms with Gasteiger partial charge in [-0.1, -0.05) is 30.3 Å². The van der Waals surface area contributed by atoms with Crippen molar-refractivity contribution in [2.24, 2.45) is 0 Å². The molecule has 4 nitrogen and oxygen atoms in total. The number of hydrogen-bond donors (Lipinski definition) is 0. The molecule has 6 aromatic rings. The van der Waals surface area contributed by atoms with Crippen LogP contribution in [0.5, 0.6) is 0 Å². The molecule has 0 N–H and O–H groups in total. The van der Waals surface area contributed by atoms with E-state index in [2.05, 4.69) is 135 Å². The minimum absolute atomic E-state index is 1.01. The second kappa shape index (κ2) is 22.5. The summed E-state index contributed by atoms with van der Waals surface area (Å²) in [6.07, 6.45) is 8.88. The quantitative estimate of drug-likeness (QED) is 0.164. The predicted molar refractivity (Wildman–Crippen MR) is 202 cm³/mol. The summed E-state index contributed by atoms with van der Waals surface area (Å²) in [5, 5.41) is 6.44. The SMILES string of the molecule is Cc1ccccc1C.Cc1cccnc1C.Cc1ccncc1C.Cc1ccsc1C.Cc1cscc1C.Cc1nccnc1C. The van der Waals surface area contributed by atoms with Crippen LogP contribution in [0.2, 0.25) is 0 Å². The summed E-state index contributed by atoms with van der Waals surface area (Å²) in [4.78, 5) is 17.5. The molecule has 0 amide bonds. The van der Waals surface area contributed by atoms with Gasteiger partial charge in [0.05, 0.1) is 11.4 Å². The zero-order chi connectivity index (χ0) is 34.5. The van der Waals surface area contributed by atoms with Gasteiger partial charge < -0.3 is 0 Å². The second-order valence-corrected chi connectivity index (χ2v) is 12.9. The van der Waals surface area contributed by atoms with E-state index in [4.69, 9.17) is 0 Å². The van der Waals surface area contributed by atoms with Gasteiger partial charge in [0.25, 0.3) is 0 Å². The third kappa shape index (κ3) is 16.9. The van der Waals surface area contributed by atoms with E-state index in [-0.39, 0.29) is 0 Å². The Morgan fingerprint density at radius 1 is 0.413 bits per heavy atom. The van der Waals surface area contributed by atoms with Crippen molar-refractivity contribution in [1.29, 1.82) is 0 Å². The molecule has 0 aliphatic heterocycles. The molecule has 1 aromatic carbocycles. The van der Waals surface area contributed by atoms with Crippen LogP contribution < -0.4 is 0 Å². The van der Waals surface area contributed by atoms with Crippen LogP contribution in [0.15, 0.2) is 95.7 Å². The highest BCUT2D eigenvalue weighted by molar-refractivity contribution is 7.10. The fraction of sp³-hybridized carbons (Fsp3) is 0.300. The normalized spacial score (nSPS) is 9.30. The number of rotatable bonds is 0. The van der Waals surface area contributed by atoms with Gasteiger partial charge in [-0.25, -0.2) is 0 Å². The molecule has 0 aliphatic carbocycles. The maximum absolute atomic E-state index is 4.08. The molecule has 0 radical (unpaired) electrons. The van der Waals surface area contributed by atoms with Crippen LogP contribution in [0.4, 0.5) is 0 Å². The highest BCUT2D eigenvalue weighted by atomic mass is 32.1. The molecule has 0 unspecified atom stereocenters. The Morgan fingerprint density at radius 2 is 0.913 bits per heavy atom. The molecule has 0 spiro atoms. The van der Waals surface area contributed by atoms with E-state index in [0.717, 1.165) is 17.1 Å². The van der Waals surface area contributed by atoms with Crippen LogP contribution in [-0.2, 0) is 0 Å². The highest BCUT2D eigenvalue weighted by Crippen LogP contribution is 2.12.